The molecule has 8 heteroatoms. The van der Waals surface area contributed by atoms with Crippen molar-refractivity contribution in [2.75, 3.05) is 18.1 Å². The molecular formula is C21H22BrN3O3S. The molecule has 0 bridgehead atoms. The third-order valence-electron chi connectivity index (χ3n) is 4.14. The summed E-state index contributed by atoms with van der Waals surface area (Å²) in [5.74, 6) is 0.330. The van der Waals surface area contributed by atoms with Crippen molar-refractivity contribution in [1.29, 1.82) is 0 Å². The van der Waals surface area contributed by atoms with Gasteiger partial charge >= 0.3 is 5.97 Å². The molecule has 0 radical (unpaired) electrons. The van der Waals surface area contributed by atoms with Crippen LogP contribution < -0.4 is 9.64 Å². The maximum absolute atomic E-state index is 11.9. The predicted octanol–water partition coefficient (Wildman–Crippen LogP) is 5.21. The SMILES string of the molecule is CCOC(=O)c1nnc(N(CC)[C@@H](Br)c2ccccc2OCc2ccccc2)s1. The van der Waals surface area contributed by atoms with E-state index in [1.807, 2.05) is 66.4 Å². The minimum atomic E-state index is -0.454. The third-order valence-corrected chi connectivity index (χ3v) is 6.07. The van der Waals surface area contributed by atoms with Crippen LogP contribution in [0.5, 0.6) is 5.75 Å². The van der Waals surface area contributed by atoms with Gasteiger partial charge in [0.15, 0.2) is 0 Å². The molecule has 0 aliphatic rings. The fourth-order valence-electron chi connectivity index (χ4n) is 2.71. The van der Waals surface area contributed by atoms with Gasteiger partial charge in [0.25, 0.3) is 0 Å². The van der Waals surface area contributed by atoms with Gasteiger partial charge in [-0.2, -0.15) is 0 Å². The van der Waals surface area contributed by atoms with Gasteiger partial charge in [0.05, 0.1) is 6.61 Å². The summed E-state index contributed by atoms with van der Waals surface area (Å²) in [5, 5.41) is 9.04. The van der Waals surface area contributed by atoms with Gasteiger partial charge < -0.3 is 14.4 Å². The summed E-state index contributed by atoms with van der Waals surface area (Å²) in [6.45, 7) is 5.24. The Morgan fingerprint density at radius 2 is 1.83 bits per heavy atom. The molecule has 3 aromatic rings. The molecule has 152 valence electrons. The lowest BCUT2D eigenvalue weighted by Gasteiger charge is -2.27. The van der Waals surface area contributed by atoms with Crippen LogP contribution in [0.1, 0.15) is 39.7 Å². The molecule has 0 unspecified atom stereocenters. The van der Waals surface area contributed by atoms with Crippen LogP contribution in [0, 0.1) is 0 Å². The van der Waals surface area contributed by atoms with Crippen LogP contribution in [0.4, 0.5) is 5.13 Å². The summed E-state index contributed by atoms with van der Waals surface area (Å²) in [7, 11) is 0. The maximum atomic E-state index is 11.9. The first-order valence-electron chi connectivity index (χ1n) is 9.31. The lowest BCUT2D eigenvalue weighted by molar-refractivity contribution is 0.0525. The highest BCUT2D eigenvalue weighted by molar-refractivity contribution is 9.09. The molecule has 0 saturated heterocycles. The molecule has 0 spiro atoms. The molecule has 2 aromatic carbocycles. The Morgan fingerprint density at radius 3 is 2.55 bits per heavy atom. The summed E-state index contributed by atoms with van der Waals surface area (Å²) in [6.07, 6.45) is 0. The number of carbonyl (C=O) groups is 1. The second-order valence-electron chi connectivity index (χ2n) is 6.04. The Kier molecular flexibility index (Phi) is 7.60. The van der Waals surface area contributed by atoms with Gasteiger partial charge in [-0.3, -0.25) is 0 Å². The lowest BCUT2D eigenvalue weighted by atomic mass is 10.2. The standard InChI is InChI=1S/C21H22BrN3O3S/c1-3-25(21-24-23-19(29-21)20(26)27-4-2)18(22)16-12-8-9-13-17(16)28-14-15-10-6-5-7-11-15/h5-13,18H,3-4,14H2,1-2H3/t18-/m1/s1. The summed E-state index contributed by atoms with van der Waals surface area (Å²) in [4.78, 5) is 13.7. The molecule has 1 aromatic heterocycles. The lowest BCUT2D eigenvalue weighted by Crippen LogP contribution is -2.25. The number of halogens is 1. The normalized spacial score (nSPS) is 11.7. The molecule has 0 amide bonds. The zero-order chi connectivity index (χ0) is 20.6. The van der Waals surface area contributed by atoms with Gasteiger partial charge in [-0.05, 0) is 25.5 Å². The average molecular weight is 476 g/mol. The summed E-state index contributed by atoms with van der Waals surface area (Å²) >= 11 is 4.98. The number of ether oxygens (including phenoxy) is 2. The number of nitrogens with zero attached hydrogens (tertiary/aromatic N) is 3. The van der Waals surface area contributed by atoms with Gasteiger partial charge in [0, 0.05) is 12.1 Å². The minimum absolute atomic E-state index is 0.192. The van der Waals surface area contributed by atoms with Crippen molar-refractivity contribution >= 4 is 38.4 Å². The number of rotatable bonds is 9. The molecule has 0 aliphatic carbocycles. The van der Waals surface area contributed by atoms with Crippen LogP contribution in [0.25, 0.3) is 0 Å². The predicted molar refractivity (Wildman–Crippen MR) is 118 cm³/mol. The van der Waals surface area contributed by atoms with Gasteiger partial charge in [-0.25, -0.2) is 4.79 Å². The Labute approximate surface area is 182 Å². The van der Waals surface area contributed by atoms with Crippen LogP contribution in [0.15, 0.2) is 54.6 Å². The topological polar surface area (TPSA) is 64.5 Å². The van der Waals surface area contributed by atoms with E-state index in [9.17, 15) is 4.79 Å². The Balaban J connectivity index is 1.79. The zero-order valence-electron chi connectivity index (χ0n) is 16.2. The van der Waals surface area contributed by atoms with Crippen molar-refractivity contribution in [3.05, 3.63) is 70.7 Å². The molecule has 29 heavy (non-hydrogen) atoms. The first kappa shape index (κ1) is 21.3. The first-order chi connectivity index (χ1) is 14.1. The molecule has 0 fully saturated rings. The van der Waals surface area contributed by atoms with Crippen molar-refractivity contribution in [1.82, 2.24) is 10.2 Å². The van der Waals surface area contributed by atoms with Crippen molar-refractivity contribution < 1.29 is 14.3 Å². The number of para-hydroxylation sites is 1. The molecule has 1 atom stereocenters. The van der Waals surface area contributed by atoms with Crippen molar-refractivity contribution in [2.24, 2.45) is 0 Å². The number of benzene rings is 2. The van der Waals surface area contributed by atoms with Gasteiger partial charge in [-0.15, -0.1) is 10.2 Å². The highest BCUT2D eigenvalue weighted by Crippen LogP contribution is 2.38. The number of alkyl halides is 1. The van der Waals surface area contributed by atoms with Crippen LogP contribution in [-0.2, 0) is 11.3 Å². The van der Waals surface area contributed by atoms with E-state index in [1.165, 1.54) is 11.3 Å². The summed E-state index contributed by atoms with van der Waals surface area (Å²) in [5.41, 5.74) is 2.07. The molecule has 0 aliphatic heterocycles. The maximum Gasteiger partial charge on any atom is 0.369 e. The van der Waals surface area contributed by atoms with Crippen LogP contribution in [0.3, 0.4) is 0 Å². The Bertz CT molecular complexity index is 936. The Hall–Kier alpha value is -2.45. The monoisotopic (exact) mass is 475 g/mol. The van der Waals surface area contributed by atoms with E-state index in [-0.39, 0.29) is 9.96 Å². The molecule has 0 saturated carbocycles. The van der Waals surface area contributed by atoms with Crippen LogP contribution >= 0.6 is 27.3 Å². The second-order valence-corrected chi connectivity index (χ2v) is 7.87. The van der Waals surface area contributed by atoms with E-state index in [0.29, 0.717) is 24.9 Å². The molecule has 6 nitrogen and oxygen atoms in total. The van der Waals surface area contributed by atoms with Crippen molar-refractivity contribution in [3.8, 4) is 5.75 Å². The van der Waals surface area contributed by atoms with Gasteiger partial charge in [0.1, 0.15) is 17.3 Å². The van der Waals surface area contributed by atoms with Gasteiger partial charge in [-0.1, -0.05) is 75.8 Å². The number of esters is 1. The number of anilines is 1. The highest BCUT2D eigenvalue weighted by Gasteiger charge is 2.24. The van der Waals surface area contributed by atoms with E-state index < -0.39 is 5.97 Å². The fourth-order valence-corrected chi connectivity index (χ4v) is 4.54. The smallest absolute Gasteiger partial charge is 0.369 e. The fraction of sp³-hybridized carbons (Fsp3) is 0.286. The van der Waals surface area contributed by atoms with Gasteiger partial charge in [0.2, 0.25) is 10.1 Å². The van der Waals surface area contributed by atoms with Crippen molar-refractivity contribution in [3.63, 3.8) is 0 Å². The average Bonchev–Trinajstić information content (AvgIpc) is 3.24. The molecule has 3 rings (SSSR count). The number of carbonyl (C=O) groups excluding carboxylic acids is 1. The molecule has 0 N–H and O–H groups in total. The minimum Gasteiger partial charge on any atom is -0.489 e. The molecular weight excluding hydrogens is 454 g/mol. The first-order valence-corrected chi connectivity index (χ1v) is 11.0. The van der Waals surface area contributed by atoms with Crippen molar-refractivity contribution in [2.45, 2.75) is 25.4 Å². The summed E-state index contributed by atoms with van der Waals surface area (Å²) < 4.78 is 11.1. The number of hydrogen-bond acceptors (Lipinski definition) is 7. The Morgan fingerprint density at radius 1 is 1.10 bits per heavy atom. The van der Waals surface area contributed by atoms with E-state index >= 15 is 0 Å². The highest BCUT2D eigenvalue weighted by atomic mass is 79.9. The zero-order valence-corrected chi connectivity index (χ0v) is 18.6. The second kappa shape index (κ2) is 10.4. The van der Waals surface area contributed by atoms with Crippen LogP contribution in [0.2, 0.25) is 0 Å². The van der Waals surface area contributed by atoms with E-state index in [1.54, 1.807) is 6.92 Å². The largest absolute Gasteiger partial charge is 0.489 e. The number of hydrogen-bond donors (Lipinski definition) is 0. The van der Waals surface area contributed by atoms with Crippen LogP contribution in [-0.4, -0.2) is 29.3 Å². The number of aromatic nitrogens is 2. The van der Waals surface area contributed by atoms with E-state index in [0.717, 1.165) is 16.9 Å². The summed E-state index contributed by atoms with van der Waals surface area (Å²) in [6, 6.07) is 17.9. The van der Waals surface area contributed by atoms with E-state index in [4.69, 9.17) is 9.47 Å². The third kappa shape index (κ3) is 5.33. The molecule has 1 heterocycles. The quantitative estimate of drug-likeness (QED) is 0.240. The van der Waals surface area contributed by atoms with E-state index in [2.05, 4.69) is 26.1 Å².